The first kappa shape index (κ1) is 12.2. The Labute approximate surface area is 109 Å². The van der Waals surface area contributed by atoms with Gasteiger partial charge in [-0.25, -0.2) is 9.97 Å². The summed E-state index contributed by atoms with van der Waals surface area (Å²) in [6.45, 7) is 1.83. The second-order valence-electron chi connectivity index (χ2n) is 3.35. The number of rotatable bonds is 3. The van der Waals surface area contributed by atoms with Crippen LogP contribution in [0.5, 0.6) is 11.6 Å². The van der Waals surface area contributed by atoms with Crippen molar-refractivity contribution in [1.29, 1.82) is 0 Å². The Morgan fingerprint density at radius 1 is 1.24 bits per heavy atom. The molecule has 2 aromatic rings. The van der Waals surface area contributed by atoms with Gasteiger partial charge >= 0.3 is 0 Å². The van der Waals surface area contributed by atoms with E-state index in [0.29, 0.717) is 11.0 Å². The Morgan fingerprint density at radius 3 is 2.76 bits per heavy atom. The molecule has 0 saturated heterocycles. The number of thioether (sulfide) groups is 1. The zero-order valence-corrected chi connectivity index (χ0v) is 11.0. The lowest BCUT2D eigenvalue weighted by molar-refractivity contribution is 0.447. The highest BCUT2D eigenvalue weighted by Gasteiger charge is 2.09. The zero-order chi connectivity index (χ0) is 12.3. The average Bonchev–Trinajstić information content (AvgIpc) is 2.35. The molecule has 2 rings (SSSR count). The summed E-state index contributed by atoms with van der Waals surface area (Å²) >= 11 is 7.54. The van der Waals surface area contributed by atoms with E-state index in [1.165, 1.54) is 6.33 Å². The molecule has 0 spiro atoms. The molecule has 0 amide bonds. The van der Waals surface area contributed by atoms with Crippen LogP contribution in [0.25, 0.3) is 0 Å². The number of ether oxygens (including phenoxy) is 1. The normalized spacial score (nSPS) is 10.3. The molecule has 5 heteroatoms. The van der Waals surface area contributed by atoms with Crippen molar-refractivity contribution in [3.05, 3.63) is 41.3 Å². The molecular formula is C12H11ClN2OS. The van der Waals surface area contributed by atoms with E-state index < -0.39 is 0 Å². The molecule has 17 heavy (non-hydrogen) atoms. The van der Waals surface area contributed by atoms with Gasteiger partial charge in [0.15, 0.2) is 0 Å². The number of halogens is 1. The van der Waals surface area contributed by atoms with E-state index >= 15 is 0 Å². The molecule has 0 atom stereocenters. The molecule has 0 aliphatic rings. The largest absolute Gasteiger partial charge is 0.437 e. The van der Waals surface area contributed by atoms with Crippen LogP contribution in [0.3, 0.4) is 0 Å². The Bertz CT molecular complexity index is 534. The smallest absolute Gasteiger partial charge is 0.226 e. The topological polar surface area (TPSA) is 35.0 Å². The highest BCUT2D eigenvalue weighted by Crippen LogP contribution is 2.32. The van der Waals surface area contributed by atoms with E-state index in [-0.39, 0.29) is 0 Å². The lowest BCUT2D eigenvalue weighted by Crippen LogP contribution is -1.94. The third-order valence-corrected chi connectivity index (χ3v) is 3.41. The van der Waals surface area contributed by atoms with Crippen molar-refractivity contribution in [2.75, 3.05) is 6.26 Å². The molecule has 0 aliphatic heterocycles. The van der Waals surface area contributed by atoms with Gasteiger partial charge in [0, 0.05) is 10.5 Å². The van der Waals surface area contributed by atoms with E-state index in [4.69, 9.17) is 16.3 Å². The van der Waals surface area contributed by atoms with Gasteiger partial charge in [0.25, 0.3) is 0 Å². The van der Waals surface area contributed by atoms with Crippen LogP contribution in [0.15, 0.2) is 35.5 Å². The fourth-order valence-corrected chi connectivity index (χ4v) is 1.97. The van der Waals surface area contributed by atoms with Crippen LogP contribution in [0, 0.1) is 6.92 Å². The third-order valence-electron chi connectivity index (χ3n) is 2.25. The van der Waals surface area contributed by atoms with Crippen molar-refractivity contribution >= 4 is 23.4 Å². The highest BCUT2D eigenvalue weighted by molar-refractivity contribution is 7.98. The van der Waals surface area contributed by atoms with Crippen LogP contribution in [0.1, 0.15) is 5.56 Å². The summed E-state index contributed by atoms with van der Waals surface area (Å²) in [5, 5.41) is 0.414. The first-order valence-corrected chi connectivity index (χ1v) is 6.60. The van der Waals surface area contributed by atoms with Crippen LogP contribution < -0.4 is 4.74 Å². The minimum absolute atomic E-state index is 0.414. The number of nitrogens with zero attached hydrogens (tertiary/aromatic N) is 2. The second kappa shape index (κ2) is 5.38. The van der Waals surface area contributed by atoms with Crippen molar-refractivity contribution in [3.8, 4) is 11.6 Å². The van der Waals surface area contributed by atoms with Gasteiger partial charge in [-0.2, -0.15) is 0 Å². The Balaban J connectivity index is 2.35. The van der Waals surface area contributed by atoms with Gasteiger partial charge in [0.05, 0.1) is 0 Å². The molecule has 1 aromatic carbocycles. The molecule has 0 fully saturated rings. The number of hydrogen-bond acceptors (Lipinski definition) is 4. The maximum Gasteiger partial charge on any atom is 0.226 e. The van der Waals surface area contributed by atoms with Gasteiger partial charge in [0.1, 0.15) is 17.2 Å². The maximum atomic E-state index is 5.92. The maximum absolute atomic E-state index is 5.92. The summed E-state index contributed by atoms with van der Waals surface area (Å²) < 4.78 is 5.76. The van der Waals surface area contributed by atoms with E-state index in [9.17, 15) is 0 Å². The number of hydrogen-bond donors (Lipinski definition) is 0. The molecule has 88 valence electrons. The summed E-state index contributed by atoms with van der Waals surface area (Å²) in [6, 6.07) is 7.80. The predicted octanol–water partition coefficient (Wildman–Crippen LogP) is 3.95. The molecule has 3 nitrogen and oxygen atoms in total. The van der Waals surface area contributed by atoms with Crippen molar-refractivity contribution < 1.29 is 4.74 Å². The minimum Gasteiger partial charge on any atom is -0.437 e. The van der Waals surface area contributed by atoms with Gasteiger partial charge < -0.3 is 4.74 Å². The standard InChI is InChI=1S/C12H11ClN2OS/c1-8-11(13)14-7-15-12(8)16-9-5-3-4-6-10(9)17-2/h3-7H,1-2H3. The number of aromatic nitrogens is 2. The van der Waals surface area contributed by atoms with Gasteiger partial charge in [-0.15, -0.1) is 11.8 Å². The molecular weight excluding hydrogens is 256 g/mol. The number of para-hydroxylation sites is 1. The molecule has 0 saturated carbocycles. The molecule has 0 aliphatic carbocycles. The number of benzene rings is 1. The van der Waals surface area contributed by atoms with E-state index in [1.54, 1.807) is 11.8 Å². The first-order valence-electron chi connectivity index (χ1n) is 5.00. The van der Waals surface area contributed by atoms with Crippen molar-refractivity contribution in [1.82, 2.24) is 9.97 Å². The minimum atomic E-state index is 0.414. The van der Waals surface area contributed by atoms with E-state index in [2.05, 4.69) is 9.97 Å². The molecule has 1 aromatic heterocycles. The predicted molar refractivity (Wildman–Crippen MR) is 70.1 cm³/mol. The van der Waals surface area contributed by atoms with Crippen LogP contribution in [-0.2, 0) is 0 Å². The highest BCUT2D eigenvalue weighted by atomic mass is 35.5. The van der Waals surface area contributed by atoms with Crippen molar-refractivity contribution in [3.63, 3.8) is 0 Å². The lowest BCUT2D eigenvalue weighted by Gasteiger charge is -2.10. The monoisotopic (exact) mass is 266 g/mol. The van der Waals surface area contributed by atoms with Crippen LogP contribution in [0.2, 0.25) is 5.15 Å². The second-order valence-corrected chi connectivity index (χ2v) is 4.55. The average molecular weight is 267 g/mol. The molecule has 0 unspecified atom stereocenters. The van der Waals surface area contributed by atoms with Crippen LogP contribution in [-0.4, -0.2) is 16.2 Å². The van der Waals surface area contributed by atoms with Crippen molar-refractivity contribution in [2.24, 2.45) is 0 Å². The van der Waals surface area contributed by atoms with Gasteiger partial charge in [-0.05, 0) is 25.3 Å². The Kier molecular flexibility index (Phi) is 3.86. The summed E-state index contributed by atoms with van der Waals surface area (Å²) in [7, 11) is 0. The summed E-state index contributed by atoms with van der Waals surface area (Å²) in [6.07, 6.45) is 3.40. The molecule has 0 N–H and O–H groups in total. The molecule has 0 bridgehead atoms. The lowest BCUT2D eigenvalue weighted by atomic mass is 10.3. The van der Waals surface area contributed by atoms with E-state index in [0.717, 1.165) is 16.2 Å². The summed E-state index contributed by atoms with van der Waals surface area (Å²) in [5.74, 6) is 1.27. The quantitative estimate of drug-likeness (QED) is 0.622. The van der Waals surface area contributed by atoms with Gasteiger partial charge in [-0.1, -0.05) is 23.7 Å². The zero-order valence-electron chi connectivity index (χ0n) is 9.48. The Morgan fingerprint density at radius 2 is 2.00 bits per heavy atom. The summed E-state index contributed by atoms with van der Waals surface area (Å²) in [4.78, 5) is 9.03. The Hall–Kier alpha value is -1.26. The van der Waals surface area contributed by atoms with Crippen molar-refractivity contribution in [2.45, 2.75) is 11.8 Å². The summed E-state index contributed by atoms with van der Waals surface area (Å²) in [5.41, 5.74) is 0.741. The SMILES string of the molecule is CSc1ccccc1Oc1ncnc(Cl)c1C. The first-order chi connectivity index (χ1) is 8.22. The van der Waals surface area contributed by atoms with E-state index in [1.807, 2.05) is 37.4 Å². The van der Waals surface area contributed by atoms with Gasteiger partial charge in [-0.3, -0.25) is 0 Å². The van der Waals surface area contributed by atoms with Gasteiger partial charge in [0.2, 0.25) is 5.88 Å². The fourth-order valence-electron chi connectivity index (χ4n) is 1.32. The van der Waals surface area contributed by atoms with Crippen LogP contribution >= 0.6 is 23.4 Å². The van der Waals surface area contributed by atoms with Crippen LogP contribution in [0.4, 0.5) is 0 Å². The third kappa shape index (κ3) is 2.70. The molecule has 1 heterocycles. The molecule has 0 radical (unpaired) electrons. The fraction of sp³-hybridized carbons (Fsp3) is 0.167.